The van der Waals surface area contributed by atoms with Crippen LogP contribution in [0.4, 0.5) is 11.4 Å². The van der Waals surface area contributed by atoms with Crippen LogP contribution in [0.5, 0.6) is 0 Å². The number of aromatic nitrogens is 1. The highest BCUT2D eigenvalue weighted by Crippen LogP contribution is 2.28. The van der Waals surface area contributed by atoms with Crippen molar-refractivity contribution in [3.8, 4) is 0 Å². The third-order valence-electron chi connectivity index (χ3n) is 3.67. The first kappa shape index (κ1) is 13.9. The fraction of sp³-hybridized carbons (Fsp3) is 0.250. The van der Waals surface area contributed by atoms with Gasteiger partial charge in [-0.3, -0.25) is 9.78 Å². The van der Waals surface area contributed by atoms with Crippen molar-refractivity contribution in [2.45, 2.75) is 19.3 Å². The SMILES string of the molecule is Nc1ccc(C(=O)N2CCCCc3ncccc32)c(Cl)c1. The number of nitrogens with two attached hydrogens (primary N) is 1. The molecule has 1 amide bonds. The minimum atomic E-state index is -0.101. The van der Waals surface area contributed by atoms with E-state index in [4.69, 9.17) is 17.3 Å². The molecule has 0 saturated heterocycles. The summed E-state index contributed by atoms with van der Waals surface area (Å²) in [5, 5.41) is 0.384. The van der Waals surface area contributed by atoms with Crippen LogP contribution in [0.1, 0.15) is 28.9 Å². The lowest BCUT2D eigenvalue weighted by Gasteiger charge is -2.23. The summed E-state index contributed by atoms with van der Waals surface area (Å²) in [6.45, 7) is 0.679. The summed E-state index contributed by atoms with van der Waals surface area (Å²) in [7, 11) is 0. The Bertz CT molecular complexity index is 687. The summed E-state index contributed by atoms with van der Waals surface area (Å²) in [6, 6.07) is 8.78. The van der Waals surface area contributed by atoms with Crippen molar-refractivity contribution in [1.29, 1.82) is 0 Å². The highest BCUT2D eigenvalue weighted by molar-refractivity contribution is 6.34. The second-order valence-corrected chi connectivity index (χ2v) is 5.53. The minimum Gasteiger partial charge on any atom is -0.399 e. The number of carbonyl (C=O) groups is 1. The molecule has 1 aromatic heterocycles. The van der Waals surface area contributed by atoms with E-state index in [9.17, 15) is 4.79 Å². The number of hydrogen-bond acceptors (Lipinski definition) is 3. The van der Waals surface area contributed by atoms with Crippen LogP contribution >= 0.6 is 11.6 Å². The fourth-order valence-electron chi connectivity index (χ4n) is 2.61. The van der Waals surface area contributed by atoms with Crippen LogP contribution < -0.4 is 10.6 Å². The monoisotopic (exact) mass is 301 g/mol. The van der Waals surface area contributed by atoms with Gasteiger partial charge in [-0.15, -0.1) is 0 Å². The third-order valence-corrected chi connectivity index (χ3v) is 3.98. The van der Waals surface area contributed by atoms with Crippen molar-refractivity contribution < 1.29 is 4.79 Å². The number of hydrogen-bond donors (Lipinski definition) is 1. The van der Waals surface area contributed by atoms with Gasteiger partial charge in [-0.2, -0.15) is 0 Å². The molecular weight excluding hydrogens is 286 g/mol. The number of aryl methyl sites for hydroxylation is 1. The molecule has 0 saturated carbocycles. The Hall–Kier alpha value is -2.07. The molecule has 5 heteroatoms. The average molecular weight is 302 g/mol. The van der Waals surface area contributed by atoms with E-state index in [-0.39, 0.29) is 5.91 Å². The standard InChI is InChI=1S/C16H16ClN3O/c17-13-10-11(18)6-7-12(13)16(21)20-9-2-1-4-14-15(20)5-3-8-19-14/h3,5-8,10H,1-2,4,9,18H2. The summed E-state index contributed by atoms with van der Waals surface area (Å²) in [5.41, 5.74) is 8.56. The quantitative estimate of drug-likeness (QED) is 0.822. The number of amides is 1. The van der Waals surface area contributed by atoms with Gasteiger partial charge in [0.25, 0.3) is 5.91 Å². The highest BCUT2D eigenvalue weighted by Gasteiger charge is 2.24. The molecule has 0 bridgehead atoms. The largest absolute Gasteiger partial charge is 0.399 e. The van der Waals surface area contributed by atoms with Gasteiger partial charge in [-0.25, -0.2) is 0 Å². The smallest absolute Gasteiger partial charge is 0.259 e. The van der Waals surface area contributed by atoms with E-state index in [2.05, 4.69) is 4.98 Å². The molecule has 0 atom stereocenters. The van der Waals surface area contributed by atoms with Crippen molar-refractivity contribution in [3.63, 3.8) is 0 Å². The van der Waals surface area contributed by atoms with E-state index < -0.39 is 0 Å². The summed E-state index contributed by atoms with van der Waals surface area (Å²) < 4.78 is 0. The summed E-state index contributed by atoms with van der Waals surface area (Å²) >= 11 is 6.17. The molecule has 108 valence electrons. The normalized spacial score (nSPS) is 14.4. The van der Waals surface area contributed by atoms with Gasteiger partial charge in [-0.1, -0.05) is 11.6 Å². The molecule has 0 aliphatic carbocycles. The van der Waals surface area contributed by atoms with Crippen LogP contribution in [0.3, 0.4) is 0 Å². The zero-order valence-electron chi connectivity index (χ0n) is 11.6. The van der Waals surface area contributed by atoms with E-state index in [1.807, 2.05) is 12.1 Å². The molecule has 2 aromatic rings. The first-order valence-corrected chi connectivity index (χ1v) is 7.35. The predicted octanol–water partition coefficient (Wildman–Crippen LogP) is 3.30. The Morgan fingerprint density at radius 3 is 2.95 bits per heavy atom. The van der Waals surface area contributed by atoms with Crippen LogP contribution in [0.25, 0.3) is 0 Å². The lowest BCUT2D eigenvalue weighted by molar-refractivity contribution is 0.0987. The molecule has 4 nitrogen and oxygen atoms in total. The van der Waals surface area contributed by atoms with Gasteiger partial charge in [0.2, 0.25) is 0 Å². The third kappa shape index (κ3) is 2.72. The Kier molecular flexibility index (Phi) is 3.80. The molecule has 0 fully saturated rings. The number of nitrogen functional groups attached to an aromatic ring is 1. The van der Waals surface area contributed by atoms with Crippen molar-refractivity contribution in [1.82, 2.24) is 4.98 Å². The van der Waals surface area contributed by atoms with E-state index in [1.165, 1.54) is 0 Å². The molecule has 21 heavy (non-hydrogen) atoms. The molecule has 0 radical (unpaired) electrons. The molecule has 1 aliphatic rings. The maximum absolute atomic E-state index is 12.8. The fourth-order valence-corrected chi connectivity index (χ4v) is 2.88. The second-order valence-electron chi connectivity index (χ2n) is 5.12. The molecule has 2 N–H and O–H groups in total. The molecule has 1 aromatic carbocycles. The van der Waals surface area contributed by atoms with Crippen LogP contribution in [0, 0.1) is 0 Å². The first-order valence-electron chi connectivity index (χ1n) is 6.97. The molecule has 0 unspecified atom stereocenters. The van der Waals surface area contributed by atoms with Gasteiger partial charge in [0.15, 0.2) is 0 Å². The van der Waals surface area contributed by atoms with E-state index in [0.29, 0.717) is 22.8 Å². The Labute approximate surface area is 128 Å². The molecule has 0 spiro atoms. The Morgan fingerprint density at radius 1 is 1.29 bits per heavy atom. The maximum atomic E-state index is 12.8. The maximum Gasteiger partial charge on any atom is 0.259 e. The van der Waals surface area contributed by atoms with Crippen LogP contribution in [-0.4, -0.2) is 17.4 Å². The number of fused-ring (bicyclic) bond motifs is 1. The van der Waals surface area contributed by atoms with Crippen LogP contribution in [0.2, 0.25) is 5.02 Å². The first-order chi connectivity index (χ1) is 10.2. The van der Waals surface area contributed by atoms with E-state index in [1.54, 1.807) is 29.3 Å². The van der Waals surface area contributed by atoms with Gasteiger partial charge < -0.3 is 10.6 Å². The number of benzene rings is 1. The van der Waals surface area contributed by atoms with Gasteiger partial charge in [-0.05, 0) is 49.6 Å². The van der Waals surface area contributed by atoms with Gasteiger partial charge in [0, 0.05) is 18.4 Å². The van der Waals surface area contributed by atoms with E-state index >= 15 is 0 Å². The summed E-state index contributed by atoms with van der Waals surface area (Å²) in [6.07, 6.45) is 4.65. The Morgan fingerprint density at radius 2 is 2.14 bits per heavy atom. The number of nitrogens with zero attached hydrogens (tertiary/aromatic N) is 2. The summed E-state index contributed by atoms with van der Waals surface area (Å²) in [4.78, 5) is 19.0. The number of rotatable bonds is 1. The van der Waals surface area contributed by atoms with Crippen molar-refractivity contribution in [3.05, 3.63) is 52.8 Å². The van der Waals surface area contributed by atoms with Gasteiger partial charge in [0.1, 0.15) is 0 Å². The van der Waals surface area contributed by atoms with E-state index in [0.717, 1.165) is 30.6 Å². The zero-order chi connectivity index (χ0) is 14.8. The lowest BCUT2D eigenvalue weighted by atomic mass is 10.1. The lowest BCUT2D eigenvalue weighted by Crippen LogP contribution is -2.32. The number of anilines is 2. The number of halogens is 1. The average Bonchev–Trinajstić information content (AvgIpc) is 2.69. The second kappa shape index (κ2) is 5.74. The van der Waals surface area contributed by atoms with Gasteiger partial charge >= 0.3 is 0 Å². The molecule has 3 rings (SSSR count). The van der Waals surface area contributed by atoms with Crippen molar-refractivity contribution in [2.24, 2.45) is 0 Å². The van der Waals surface area contributed by atoms with Crippen LogP contribution in [-0.2, 0) is 6.42 Å². The Balaban J connectivity index is 2.01. The molecular formula is C16H16ClN3O. The van der Waals surface area contributed by atoms with Crippen molar-refractivity contribution >= 4 is 28.9 Å². The zero-order valence-corrected chi connectivity index (χ0v) is 12.3. The summed E-state index contributed by atoms with van der Waals surface area (Å²) in [5.74, 6) is -0.101. The minimum absolute atomic E-state index is 0.101. The molecule has 2 heterocycles. The van der Waals surface area contributed by atoms with Crippen molar-refractivity contribution in [2.75, 3.05) is 17.2 Å². The molecule has 1 aliphatic heterocycles. The number of carbonyl (C=O) groups excluding carboxylic acids is 1. The topological polar surface area (TPSA) is 59.2 Å². The van der Waals surface area contributed by atoms with Crippen LogP contribution in [0.15, 0.2) is 36.5 Å². The number of pyridine rings is 1. The predicted molar refractivity (Wildman–Crippen MR) is 84.7 cm³/mol. The van der Waals surface area contributed by atoms with Gasteiger partial charge in [0.05, 0.1) is 22.0 Å². The highest BCUT2D eigenvalue weighted by atomic mass is 35.5.